The predicted octanol–water partition coefficient (Wildman–Crippen LogP) is 1.31. The van der Waals surface area contributed by atoms with Crippen LogP contribution in [0.15, 0.2) is 16.5 Å². The van der Waals surface area contributed by atoms with E-state index in [4.69, 9.17) is 15.0 Å². The first-order chi connectivity index (χ1) is 7.32. The Bertz CT molecular complexity index is 345. The molecule has 0 aliphatic carbocycles. The van der Waals surface area contributed by atoms with E-state index < -0.39 is 0 Å². The smallest absolute Gasteiger partial charge is 0.400 e. The van der Waals surface area contributed by atoms with Crippen molar-refractivity contribution in [2.24, 2.45) is 10.7 Å². The minimum atomic E-state index is -0.286. The summed E-state index contributed by atoms with van der Waals surface area (Å²) in [5.41, 5.74) is 6.13. The molecule has 5 heteroatoms. The first-order valence-electron chi connectivity index (χ1n) is 5.65. The molecule has 0 amide bonds. The number of dihydropyridines is 1. The molecule has 0 bridgehead atoms. The van der Waals surface area contributed by atoms with Gasteiger partial charge in [0, 0.05) is 6.42 Å². The van der Waals surface area contributed by atoms with E-state index in [0.29, 0.717) is 18.8 Å². The molecule has 88 valence electrons. The number of nitrogens with zero attached hydrogens (tertiary/aromatic N) is 1. The van der Waals surface area contributed by atoms with Gasteiger partial charge in [0.2, 0.25) is 0 Å². The van der Waals surface area contributed by atoms with Gasteiger partial charge < -0.3 is 15.0 Å². The topological polar surface area (TPSA) is 56.8 Å². The van der Waals surface area contributed by atoms with Crippen LogP contribution in [0.3, 0.4) is 0 Å². The molecule has 2 N–H and O–H groups in total. The Morgan fingerprint density at radius 2 is 1.81 bits per heavy atom. The molecule has 0 atom stereocenters. The van der Waals surface area contributed by atoms with E-state index in [1.165, 1.54) is 0 Å². The summed E-state index contributed by atoms with van der Waals surface area (Å²) in [7, 11) is -0.276. The van der Waals surface area contributed by atoms with Crippen molar-refractivity contribution in [3.8, 4) is 0 Å². The third-order valence-corrected chi connectivity index (χ3v) is 3.59. The van der Waals surface area contributed by atoms with Crippen LogP contribution >= 0.6 is 0 Å². The molecule has 1 fully saturated rings. The van der Waals surface area contributed by atoms with Crippen molar-refractivity contribution in [3.05, 3.63) is 11.5 Å². The number of nitrogens with two attached hydrogens (primary N) is 1. The maximum Gasteiger partial charge on any atom is 0.492 e. The molecule has 4 nitrogen and oxygen atoms in total. The summed E-state index contributed by atoms with van der Waals surface area (Å²) in [6.07, 6.45) is 2.75. The second-order valence-corrected chi connectivity index (χ2v) is 5.38. The molecule has 2 heterocycles. The third kappa shape index (κ3) is 1.89. The molecule has 2 rings (SSSR count). The highest BCUT2D eigenvalue weighted by atomic mass is 16.7. The fraction of sp³-hybridized carbons (Fsp3) is 0.727. The predicted molar refractivity (Wildman–Crippen MR) is 65.3 cm³/mol. The van der Waals surface area contributed by atoms with Crippen LogP contribution in [0.4, 0.5) is 0 Å². The summed E-state index contributed by atoms with van der Waals surface area (Å²) in [6.45, 7) is 8.78. The summed E-state index contributed by atoms with van der Waals surface area (Å²) in [5, 5.41) is 0. The van der Waals surface area contributed by atoms with Gasteiger partial charge in [0.05, 0.1) is 23.6 Å². The van der Waals surface area contributed by atoms with Gasteiger partial charge >= 0.3 is 7.12 Å². The Hall–Kier alpha value is -0.805. The van der Waals surface area contributed by atoms with Gasteiger partial charge in [-0.1, -0.05) is 6.08 Å². The number of rotatable bonds is 1. The monoisotopic (exact) mass is 222 g/mol. The Labute approximate surface area is 97.0 Å². The molecule has 0 radical (unpaired) electrons. The molecular weight excluding hydrogens is 203 g/mol. The maximum absolute atomic E-state index is 5.94. The summed E-state index contributed by atoms with van der Waals surface area (Å²) in [6, 6.07) is 0. The fourth-order valence-corrected chi connectivity index (χ4v) is 1.72. The number of hydrogen-bond donors (Lipinski definition) is 1. The third-order valence-electron chi connectivity index (χ3n) is 3.59. The fourth-order valence-electron chi connectivity index (χ4n) is 1.72. The van der Waals surface area contributed by atoms with E-state index in [-0.39, 0.29) is 18.3 Å². The lowest BCUT2D eigenvalue weighted by atomic mass is 9.77. The van der Waals surface area contributed by atoms with E-state index in [9.17, 15) is 0 Å². The van der Waals surface area contributed by atoms with E-state index >= 15 is 0 Å². The van der Waals surface area contributed by atoms with Gasteiger partial charge in [0.15, 0.2) is 0 Å². The molecule has 2 aliphatic rings. The van der Waals surface area contributed by atoms with Crippen molar-refractivity contribution in [2.75, 3.05) is 6.54 Å². The van der Waals surface area contributed by atoms with Crippen LogP contribution < -0.4 is 5.73 Å². The lowest BCUT2D eigenvalue weighted by Gasteiger charge is -2.32. The number of aliphatic imine (C=N–C) groups is 1. The molecule has 16 heavy (non-hydrogen) atoms. The molecule has 0 aromatic carbocycles. The van der Waals surface area contributed by atoms with Crippen LogP contribution in [0.2, 0.25) is 0 Å². The molecule has 2 aliphatic heterocycles. The van der Waals surface area contributed by atoms with Crippen LogP contribution in [0.25, 0.3) is 0 Å². The summed E-state index contributed by atoms with van der Waals surface area (Å²) < 4.78 is 11.9. The standard InChI is InChI=1S/C11H19BN2O2/c1-10(2)11(3,4)16-12(15-10)8-5-6-9(13)14-7-8/h5H,6-7H2,1-4H3,(H2,13,14). The number of hydrogen-bond acceptors (Lipinski definition) is 4. The van der Waals surface area contributed by atoms with Gasteiger partial charge in [-0.2, -0.15) is 0 Å². The first-order valence-corrected chi connectivity index (χ1v) is 5.65. The minimum absolute atomic E-state index is 0.276. The van der Waals surface area contributed by atoms with Crippen LogP contribution in [0.5, 0.6) is 0 Å². The largest absolute Gasteiger partial charge is 0.492 e. The van der Waals surface area contributed by atoms with E-state index in [0.717, 1.165) is 5.47 Å². The van der Waals surface area contributed by atoms with E-state index in [1.807, 2.05) is 27.7 Å². The zero-order valence-electron chi connectivity index (χ0n) is 10.4. The van der Waals surface area contributed by atoms with Crippen molar-refractivity contribution in [3.63, 3.8) is 0 Å². The van der Waals surface area contributed by atoms with Crippen molar-refractivity contribution < 1.29 is 9.31 Å². The summed E-state index contributed by atoms with van der Waals surface area (Å²) in [4.78, 5) is 4.22. The minimum Gasteiger partial charge on any atom is -0.400 e. The second-order valence-electron chi connectivity index (χ2n) is 5.38. The van der Waals surface area contributed by atoms with Gasteiger partial charge in [-0.15, -0.1) is 0 Å². The zero-order valence-corrected chi connectivity index (χ0v) is 10.4. The SMILES string of the molecule is CC1(C)OB(C2=CCC(N)=NC2)OC1(C)C. The highest BCUT2D eigenvalue weighted by Gasteiger charge is 2.52. The van der Waals surface area contributed by atoms with Crippen LogP contribution in [-0.4, -0.2) is 30.7 Å². The molecule has 1 saturated heterocycles. The van der Waals surface area contributed by atoms with Gasteiger partial charge in [-0.3, -0.25) is 4.99 Å². The van der Waals surface area contributed by atoms with Crippen LogP contribution in [-0.2, 0) is 9.31 Å². The molecule has 0 aromatic heterocycles. The van der Waals surface area contributed by atoms with Crippen LogP contribution in [0, 0.1) is 0 Å². The first kappa shape index (κ1) is 11.7. The number of amidine groups is 1. The highest BCUT2D eigenvalue weighted by Crippen LogP contribution is 2.38. The maximum atomic E-state index is 5.94. The molecule has 0 aromatic rings. The van der Waals surface area contributed by atoms with Crippen molar-refractivity contribution in [1.82, 2.24) is 0 Å². The second kappa shape index (κ2) is 3.60. The Balaban J connectivity index is 2.10. The Morgan fingerprint density at radius 3 is 2.25 bits per heavy atom. The average molecular weight is 222 g/mol. The average Bonchev–Trinajstić information content (AvgIpc) is 2.37. The lowest BCUT2D eigenvalue weighted by Crippen LogP contribution is -2.41. The zero-order chi connectivity index (χ0) is 12.0. The van der Waals surface area contributed by atoms with Gasteiger partial charge in [-0.05, 0) is 33.2 Å². The molecule has 0 spiro atoms. The van der Waals surface area contributed by atoms with Gasteiger partial charge in [-0.25, -0.2) is 0 Å². The highest BCUT2D eigenvalue weighted by molar-refractivity contribution is 6.55. The van der Waals surface area contributed by atoms with Crippen molar-refractivity contribution in [2.45, 2.75) is 45.3 Å². The normalized spacial score (nSPS) is 27.6. The van der Waals surface area contributed by atoms with Crippen molar-refractivity contribution >= 4 is 13.0 Å². The van der Waals surface area contributed by atoms with E-state index in [1.54, 1.807) is 0 Å². The van der Waals surface area contributed by atoms with E-state index in [2.05, 4.69) is 11.1 Å². The van der Waals surface area contributed by atoms with Crippen LogP contribution in [0.1, 0.15) is 34.1 Å². The summed E-state index contributed by atoms with van der Waals surface area (Å²) in [5.74, 6) is 0.681. The molecule has 0 saturated carbocycles. The lowest BCUT2D eigenvalue weighted by molar-refractivity contribution is 0.00578. The van der Waals surface area contributed by atoms with Gasteiger partial charge in [0.1, 0.15) is 0 Å². The Kier molecular flexibility index (Phi) is 2.63. The van der Waals surface area contributed by atoms with Gasteiger partial charge in [0.25, 0.3) is 0 Å². The van der Waals surface area contributed by atoms with Crippen molar-refractivity contribution in [1.29, 1.82) is 0 Å². The molecule has 0 unspecified atom stereocenters. The quantitative estimate of drug-likeness (QED) is 0.680. The summed E-state index contributed by atoms with van der Waals surface area (Å²) >= 11 is 0. The molecular formula is C11H19BN2O2. The Morgan fingerprint density at radius 1 is 1.25 bits per heavy atom.